The van der Waals surface area contributed by atoms with Crippen LogP contribution in [0.2, 0.25) is 0 Å². The van der Waals surface area contributed by atoms with Crippen LogP contribution < -0.4 is 9.80 Å². The number of hydrogen-bond donors (Lipinski definition) is 0. The molecule has 5 heterocycles. The molecule has 31 heavy (non-hydrogen) atoms. The second-order valence-corrected chi connectivity index (χ2v) is 9.85. The molecule has 6 rings (SSSR count). The van der Waals surface area contributed by atoms with Crippen molar-refractivity contribution < 1.29 is 0 Å². The van der Waals surface area contributed by atoms with Crippen molar-refractivity contribution >= 4 is 22.8 Å². The van der Waals surface area contributed by atoms with Crippen LogP contribution >= 0.6 is 0 Å². The normalized spacial score (nSPS) is 24.4. The van der Waals surface area contributed by atoms with E-state index in [1.54, 1.807) is 0 Å². The maximum Gasteiger partial charge on any atom is 0.228 e. The third-order valence-electron chi connectivity index (χ3n) is 7.28. The quantitative estimate of drug-likeness (QED) is 0.650. The monoisotopic (exact) mass is 414 g/mol. The minimum Gasteiger partial charge on any atom is -0.354 e. The minimum atomic E-state index is 0.367. The van der Waals surface area contributed by atoms with E-state index in [0.29, 0.717) is 5.41 Å². The van der Waals surface area contributed by atoms with Gasteiger partial charge in [-0.25, -0.2) is 4.98 Å². The molecular weight excluding hydrogens is 384 g/mol. The number of fused-ring (bicyclic) bond motifs is 1. The first-order valence-electron chi connectivity index (χ1n) is 11.6. The molecule has 0 amide bonds. The van der Waals surface area contributed by atoms with Crippen molar-refractivity contribution in [1.29, 1.82) is 0 Å². The largest absolute Gasteiger partial charge is 0.354 e. The van der Waals surface area contributed by atoms with Crippen molar-refractivity contribution in [3.05, 3.63) is 54.2 Å². The first-order chi connectivity index (χ1) is 15.2. The summed E-state index contributed by atoms with van der Waals surface area (Å²) in [6, 6.07) is 14.9. The fourth-order valence-corrected chi connectivity index (χ4v) is 5.62. The van der Waals surface area contributed by atoms with E-state index < -0.39 is 0 Å². The Labute approximate surface area is 183 Å². The highest BCUT2D eigenvalue weighted by Crippen LogP contribution is 2.42. The summed E-state index contributed by atoms with van der Waals surface area (Å²) >= 11 is 0. The molecule has 160 valence electrons. The van der Waals surface area contributed by atoms with Gasteiger partial charge in [-0.1, -0.05) is 37.3 Å². The second-order valence-electron chi connectivity index (χ2n) is 9.85. The van der Waals surface area contributed by atoms with E-state index in [1.165, 1.54) is 31.5 Å². The van der Waals surface area contributed by atoms with Crippen molar-refractivity contribution in [2.24, 2.45) is 11.3 Å². The van der Waals surface area contributed by atoms with Crippen LogP contribution in [0.5, 0.6) is 0 Å². The molecule has 1 atom stereocenters. The van der Waals surface area contributed by atoms with E-state index in [1.807, 2.05) is 12.3 Å². The topological polar surface area (TPSA) is 48.4 Å². The lowest BCUT2D eigenvalue weighted by Crippen LogP contribution is -2.46. The van der Waals surface area contributed by atoms with Crippen molar-refractivity contribution in [2.75, 3.05) is 49.1 Å². The SMILES string of the molecule is CC1CN(c2nc(N3CCC4(CCN(Cc5ccccc5)C4)C3)c3ncccc3n2)C1. The van der Waals surface area contributed by atoms with Crippen LogP contribution in [-0.4, -0.2) is 59.1 Å². The Morgan fingerprint density at radius 1 is 0.935 bits per heavy atom. The van der Waals surface area contributed by atoms with Gasteiger partial charge in [0.05, 0.1) is 5.52 Å². The Balaban J connectivity index is 1.24. The maximum atomic E-state index is 5.05. The van der Waals surface area contributed by atoms with E-state index in [0.717, 1.165) is 61.4 Å². The Bertz CT molecular complexity index is 1080. The summed E-state index contributed by atoms with van der Waals surface area (Å²) < 4.78 is 0. The highest BCUT2D eigenvalue weighted by Gasteiger charge is 2.44. The fraction of sp³-hybridized carbons (Fsp3) is 0.480. The summed E-state index contributed by atoms with van der Waals surface area (Å²) in [6.45, 7) is 9.90. The lowest BCUT2D eigenvalue weighted by atomic mass is 9.86. The summed E-state index contributed by atoms with van der Waals surface area (Å²) in [7, 11) is 0. The molecule has 3 saturated heterocycles. The molecule has 1 unspecified atom stereocenters. The van der Waals surface area contributed by atoms with Gasteiger partial charge >= 0.3 is 0 Å². The lowest BCUT2D eigenvalue weighted by molar-refractivity contribution is 0.270. The molecule has 0 N–H and O–H groups in total. The van der Waals surface area contributed by atoms with Crippen LogP contribution in [0.15, 0.2) is 48.7 Å². The van der Waals surface area contributed by atoms with Gasteiger partial charge in [0.2, 0.25) is 5.95 Å². The number of rotatable bonds is 4. The Kier molecular flexibility index (Phi) is 4.56. The van der Waals surface area contributed by atoms with E-state index in [9.17, 15) is 0 Å². The molecular formula is C25H30N6. The molecule has 3 aliphatic rings. The lowest BCUT2D eigenvalue weighted by Gasteiger charge is -2.37. The zero-order chi connectivity index (χ0) is 20.8. The van der Waals surface area contributed by atoms with E-state index >= 15 is 0 Å². The predicted molar refractivity (Wildman–Crippen MR) is 124 cm³/mol. The Morgan fingerprint density at radius 2 is 1.77 bits per heavy atom. The predicted octanol–water partition coefficient (Wildman–Crippen LogP) is 3.58. The van der Waals surface area contributed by atoms with Crippen molar-refractivity contribution in [3.8, 4) is 0 Å². The van der Waals surface area contributed by atoms with Gasteiger partial charge < -0.3 is 9.80 Å². The van der Waals surface area contributed by atoms with Gasteiger partial charge in [0.25, 0.3) is 0 Å². The summed E-state index contributed by atoms with van der Waals surface area (Å²) in [4.78, 5) is 22.0. The molecule has 0 bridgehead atoms. The number of nitrogens with zero attached hydrogens (tertiary/aromatic N) is 6. The van der Waals surface area contributed by atoms with E-state index in [2.05, 4.69) is 63.0 Å². The highest BCUT2D eigenvalue weighted by atomic mass is 15.3. The van der Waals surface area contributed by atoms with Crippen LogP contribution in [0.25, 0.3) is 11.0 Å². The third-order valence-corrected chi connectivity index (χ3v) is 7.28. The average molecular weight is 415 g/mol. The molecule has 3 aromatic rings. The van der Waals surface area contributed by atoms with Gasteiger partial charge in [-0.15, -0.1) is 0 Å². The smallest absolute Gasteiger partial charge is 0.228 e. The van der Waals surface area contributed by atoms with Crippen LogP contribution in [0.1, 0.15) is 25.3 Å². The Hall–Kier alpha value is -2.73. The van der Waals surface area contributed by atoms with Crippen molar-refractivity contribution in [1.82, 2.24) is 19.9 Å². The number of benzene rings is 1. The Morgan fingerprint density at radius 3 is 2.61 bits per heavy atom. The first-order valence-corrected chi connectivity index (χ1v) is 11.6. The van der Waals surface area contributed by atoms with Crippen LogP contribution in [0.4, 0.5) is 11.8 Å². The average Bonchev–Trinajstić information content (AvgIpc) is 3.37. The molecule has 3 aliphatic heterocycles. The molecule has 0 radical (unpaired) electrons. The zero-order valence-corrected chi connectivity index (χ0v) is 18.2. The standard InChI is InChI=1S/C25H30N6/c1-19-14-31(15-19)24-27-21-8-5-11-26-22(21)23(28-24)30-13-10-25(18-30)9-12-29(17-25)16-20-6-3-2-4-7-20/h2-8,11,19H,9-10,12-18H2,1H3. The molecule has 1 spiro atoms. The third kappa shape index (κ3) is 3.53. The molecule has 6 heteroatoms. The van der Waals surface area contributed by atoms with Crippen LogP contribution in [-0.2, 0) is 6.54 Å². The molecule has 6 nitrogen and oxygen atoms in total. The fourth-order valence-electron chi connectivity index (χ4n) is 5.62. The first kappa shape index (κ1) is 19.0. The summed E-state index contributed by atoms with van der Waals surface area (Å²) in [5.41, 5.74) is 3.68. The van der Waals surface area contributed by atoms with E-state index in [-0.39, 0.29) is 0 Å². The van der Waals surface area contributed by atoms with Crippen molar-refractivity contribution in [2.45, 2.75) is 26.3 Å². The number of likely N-dealkylation sites (tertiary alicyclic amines) is 1. The van der Waals surface area contributed by atoms with Crippen LogP contribution in [0.3, 0.4) is 0 Å². The number of aromatic nitrogens is 3. The van der Waals surface area contributed by atoms with Gasteiger partial charge in [0, 0.05) is 50.9 Å². The summed E-state index contributed by atoms with van der Waals surface area (Å²) in [6.07, 6.45) is 4.36. The van der Waals surface area contributed by atoms with E-state index in [4.69, 9.17) is 9.97 Å². The number of anilines is 2. The molecule has 2 aromatic heterocycles. The van der Waals surface area contributed by atoms with Crippen molar-refractivity contribution in [3.63, 3.8) is 0 Å². The van der Waals surface area contributed by atoms with Crippen LogP contribution in [0, 0.1) is 11.3 Å². The number of hydrogen-bond acceptors (Lipinski definition) is 6. The molecule has 3 fully saturated rings. The molecule has 0 aliphatic carbocycles. The second kappa shape index (κ2) is 7.45. The molecule has 1 aromatic carbocycles. The molecule has 0 saturated carbocycles. The maximum absolute atomic E-state index is 5.05. The highest BCUT2D eigenvalue weighted by molar-refractivity contribution is 5.87. The van der Waals surface area contributed by atoms with Gasteiger partial charge in [-0.2, -0.15) is 4.98 Å². The summed E-state index contributed by atoms with van der Waals surface area (Å²) in [5, 5.41) is 0. The van der Waals surface area contributed by atoms with Gasteiger partial charge in [-0.3, -0.25) is 9.88 Å². The summed E-state index contributed by atoms with van der Waals surface area (Å²) in [5.74, 6) is 2.62. The number of pyridine rings is 1. The zero-order valence-electron chi connectivity index (χ0n) is 18.2. The van der Waals surface area contributed by atoms with Gasteiger partial charge in [0.15, 0.2) is 5.82 Å². The van der Waals surface area contributed by atoms with Gasteiger partial charge in [-0.05, 0) is 43.0 Å². The van der Waals surface area contributed by atoms with Gasteiger partial charge in [0.1, 0.15) is 5.52 Å². The minimum absolute atomic E-state index is 0.367.